The van der Waals surface area contributed by atoms with E-state index in [1.165, 1.54) is 0 Å². The molecule has 1 aromatic carbocycles. The summed E-state index contributed by atoms with van der Waals surface area (Å²) < 4.78 is 12.9. The number of nitrogens with two attached hydrogens (primary N) is 1. The summed E-state index contributed by atoms with van der Waals surface area (Å²) in [5, 5.41) is 0. The van der Waals surface area contributed by atoms with Crippen LogP contribution in [0.2, 0.25) is 0 Å². The average Bonchev–Trinajstić information content (AvgIpc) is 2.42. The quantitative estimate of drug-likeness (QED) is 0.799. The van der Waals surface area contributed by atoms with Gasteiger partial charge in [-0.1, -0.05) is 0 Å². The van der Waals surface area contributed by atoms with Crippen LogP contribution in [0.25, 0.3) is 0 Å². The van der Waals surface area contributed by atoms with Crippen molar-refractivity contribution in [2.45, 2.75) is 20.4 Å². The van der Waals surface area contributed by atoms with Gasteiger partial charge < -0.3 is 15.2 Å². The Morgan fingerprint density at radius 1 is 1.05 bits per heavy atom. The van der Waals surface area contributed by atoms with Gasteiger partial charge in [0.25, 0.3) is 0 Å². The number of pyridine rings is 1. The zero-order valence-corrected chi connectivity index (χ0v) is 15.2. The number of nitrogens with zero attached hydrogens (tertiary/aromatic N) is 1. The predicted octanol–water partition coefficient (Wildman–Crippen LogP) is 4.48. The van der Waals surface area contributed by atoms with Gasteiger partial charge in [0.05, 0.1) is 16.1 Å². The molecule has 0 fully saturated rings. The first-order valence-corrected chi connectivity index (χ1v) is 7.93. The molecule has 2 rings (SSSR count). The zero-order valence-electron chi connectivity index (χ0n) is 12.0. The van der Waals surface area contributed by atoms with E-state index in [4.69, 9.17) is 15.2 Å². The van der Waals surface area contributed by atoms with Crippen molar-refractivity contribution < 1.29 is 9.47 Å². The highest BCUT2D eigenvalue weighted by Crippen LogP contribution is 2.39. The topological polar surface area (TPSA) is 57.4 Å². The summed E-state index contributed by atoms with van der Waals surface area (Å²) >= 11 is 6.95. The van der Waals surface area contributed by atoms with Crippen LogP contribution in [0.5, 0.6) is 17.2 Å². The molecule has 0 bridgehead atoms. The van der Waals surface area contributed by atoms with E-state index in [0.717, 1.165) is 37.4 Å². The van der Waals surface area contributed by atoms with Gasteiger partial charge in [-0.3, -0.25) is 4.98 Å². The van der Waals surface area contributed by atoms with Crippen LogP contribution < -0.4 is 15.2 Å². The maximum absolute atomic E-state index is 6.02. The second-order valence-electron chi connectivity index (χ2n) is 4.55. The monoisotopic (exact) mass is 414 g/mol. The maximum atomic E-state index is 6.02. The van der Waals surface area contributed by atoms with Gasteiger partial charge in [0, 0.05) is 29.6 Å². The lowest BCUT2D eigenvalue weighted by Crippen LogP contribution is -2.05. The molecule has 0 saturated carbocycles. The second-order valence-corrected chi connectivity index (χ2v) is 6.26. The van der Waals surface area contributed by atoms with Crippen molar-refractivity contribution in [1.82, 2.24) is 4.98 Å². The number of hydrogen-bond donors (Lipinski definition) is 1. The first-order valence-electron chi connectivity index (χ1n) is 6.34. The van der Waals surface area contributed by atoms with Crippen molar-refractivity contribution in [3.05, 3.63) is 44.1 Å². The van der Waals surface area contributed by atoms with Crippen LogP contribution in [0, 0.1) is 13.8 Å². The normalized spacial score (nSPS) is 10.6. The Balaban J connectivity index is 2.45. The number of ether oxygens (including phenoxy) is 2. The van der Waals surface area contributed by atoms with Crippen molar-refractivity contribution in [3.63, 3.8) is 0 Å². The van der Waals surface area contributed by atoms with Crippen LogP contribution >= 0.6 is 31.9 Å². The lowest BCUT2D eigenvalue weighted by Gasteiger charge is -2.15. The highest BCUT2D eigenvalue weighted by molar-refractivity contribution is 9.11. The van der Waals surface area contributed by atoms with E-state index >= 15 is 0 Å². The number of benzene rings is 1. The molecular weight excluding hydrogens is 400 g/mol. The van der Waals surface area contributed by atoms with E-state index < -0.39 is 0 Å². The first kappa shape index (κ1) is 16.3. The predicted molar refractivity (Wildman–Crippen MR) is 90.1 cm³/mol. The molecule has 0 radical (unpaired) electrons. The minimum Gasteiger partial charge on any atom is -0.496 e. The highest BCUT2D eigenvalue weighted by atomic mass is 79.9. The summed E-state index contributed by atoms with van der Waals surface area (Å²) in [4.78, 5) is 4.41. The number of halogens is 2. The summed E-state index contributed by atoms with van der Waals surface area (Å²) in [6.45, 7) is 4.24. The van der Waals surface area contributed by atoms with Gasteiger partial charge in [0.1, 0.15) is 17.2 Å². The minimum atomic E-state index is 0.378. The third-order valence-corrected chi connectivity index (χ3v) is 4.29. The number of aromatic nitrogens is 1. The van der Waals surface area contributed by atoms with Gasteiger partial charge in [0.15, 0.2) is 0 Å². The lowest BCUT2D eigenvalue weighted by atomic mass is 10.1. The maximum Gasteiger partial charge on any atom is 0.143 e. The van der Waals surface area contributed by atoms with Crippen LogP contribution in [-0.2, 0) is 6.54 Å². The molecule has 0 atom stereocenters. The fourth-order valence-electron chi connectivity index (χ4n) is 2.02. The van der Waals surface area contributed by atoms with Crippen molar-refractivity contribution in [1.29, 1.82) is 0 Å². The standard InChI is InChI=1S/C15H16Br2N2O2/c1-8-4-13(10(7-18)9(2)19-8)21-15-6-11(16)14(20-3)5-12(15)17/h4-6H,7,18H2,1-3H3. The lowest BCUT2D eigenvalue weighted by molar-refractivity contribution is 0.409. The van der Waals surface area contributed by atoms with Crippen LogP contribution in [0.1, 0.15) is 17.0 Å². The largest absolute Gasteiger partial charge is 0.496 e. The first-order chi connectivity index (χ1) is 9.96. The summed E-state index contributed by atoms with van der Waals surface area (Å²) in [5.74, 6) is 2.14. The minimum absolute atomic E-state index is 0.378. The van der Waals surface area contributed by atoms with Gasteiger partial charge in [0.2, 0.25) is 0 Å². The van der Waals surface area contributed by atoms with E-state index in [1.54, 1.807) is 7.11 Å². The zero-order chi connectivity index (χ0) is 15.6. The Morgan fingerprint density at radius 2 is 1.67 bits per heavy atom. The molecule has 0 aliphatic carbocycles. The number of rotatable bonds is 4. The van der Waals surface area contributed by atoms with Gasteiger partial charge >= 0.3 is 0 Å². The smallest absolute Gasteiger partial charge is 0.143 e. The molecular formula is C15H16Br2N2O2. The van der Waals surface area contributed by atoms with Crippen LogP contribution in [0.3, 0.4) is 0 Å². The number of hydrogen-bond acceptors (Lipinski definition) is 4. The van der Waals surface area contributed by atoms with E-state index in [2.05, 4.69) is 36.8 Å². The van der Waals surface area contributed by atoms with Gasteiger partial charge in [-0.05, 0) is 57.8 Å². The Kier molecular flexibility index (Phi) is 5.24. The molecule has 0 aliphatic rings. The molecule has 2 aromatic rings. The molecule has 112 valence electrons. The number of aryl methyl sites for hydroxylation is 2. The van der Waals surface area contributed by atoms with E-state index in [0.29, 0.717) is 12.3 Å². The molecule has 0 spiro atoms. The molecule has 0 saturated heterocycles. The number of methoxy groups -OCH3 is 1. The summed E-state index contributed by atoms with van der Waals surface area (Å²) in [7, 11) is 1.62. The second kappa shape index (κ2) is 6.77. The molecule has 6 heteroatoms. The molecule has 2 N–H and O–H groups in total. The Bertz CT molecular complexity index is 675. The van der Waals surface area contributed by atoms with Crippen molar-refractivity contribution in [2.24, 2.45) is 5.73 Å². The van der Waals surface area contributed by atoms with E-state index in [-0.39, 0.29) is 0 Å². The molecule has 1 heterocycles. The van der Waals surface area contributed by atoms with Crippen molar-refractivity contribution in [2.75, 3.05) is 7.11 Å². The summed E-state index contributed by atoms with van der Waals surface area (Å²) in [6.07, 6.45) is 0. The van der Waals surface area contributed by atoms with Crippen LogP contribution in [0.15, 0.2) is 27.1 Å². The fraction of sp³-hybridized carbons (Fsp3) is 0.267. The average molecular weight is 416 g/mol. The molecule has 1 aromatic heterocycles. The van der Waals surface area contributed by atoms with E-state index in [9.17, 15) is 0 Å². The third-order valence-electron chi connectivity index (χ3n) is 3.05. The van der Waals surface area contributed by atoms with Crippen LogP contribution in [-0.4, -0.2) is 12.1 Å². The summed E-state index contributed by atoms with van der Waals surface area (Å²) in [6, 6.07) is 5.59. The van der Waals surface area contributed by atoms with Gasteiger partial charge in [-0.25, -0.2) is 0 Å². The molecule has 0 unspecified atom stereocenters. The van der Waals surface area contributed by atoms with Gasteiger partial charge in [-0.2, -0.15) is 0 Å². The van der Waals surface area contributed by atoms with E-state index in [1.807, 2.05) is 32.0 Å². The van der Waals surface area contributed by atoms with Gasteiger partial charge in [-0.15, -0.1) is 0 Å². The molecule has 4 nitrogen and oxygen atoms in total. The molecule has 0 amide bonds. The highest BCUT2D eigenvalue weighted by Gasteiger charge is 2.13. The SMILES string of the molecule is COc1cc(Br)c(Oc2cc(C)nc(C)c2CN)cc1Br. The fourth-order valence-corrected chi connectivity index (χ4v) is 2.91. The molecule has 0 aliphatic heterocycles. The van der Waals surface area contributed by atoms with Crippen molar-refractivity contribution >= 4 is 31.9 Å². The molecule has 21 heavy (non-hydrogen) atoms. The Hall–Kier alpha value is -1.11. The summed E-state index contributed by atoms with van der Waals surface area (Å²) in [5.41, 5.74) is 8.49. The Labute approximate surface area is 140 Å². The van der Waals surface area contributed by atoms with Crippen molar-refractivity contribution in [3.8, 4) is 17.2 Å². The Morgan fingerprint density at radius 3 is 2.29 bits per heavy atom. The third kappa shape index (κ3) is 3.56. The van der Waals surface area contributed by atoms with Crippen LogP contribution in [0.4, 0.5) is 0 Å².